The Balaban J connectivity index is 1.53. The third-order valence-corrected chi connectivity index (χ3v) is 4.71. The van der Waals surface area contributed by atoms with Crippen LogP contribution >= 0.6 is 15.9 Å². The van der Waals surface area contributed by atoms with Crippen LogP contribution in [0.15, 0.2) is 77.7 Å². The first-order chi connectivity index (χ1) is 13.3. The molecule has 0 bridgehead atoms. The van der Waals surface area contributed by atoms with Crippen molar-refractivity contribution in [3.8, 4) is 5.88 Å². The molecule has 27 heavy (non-hydrogen) atoms. The molecule has 2 aromatic carbocycles. The largest absolute Gasteiger partial charge is 0.471 e. The van der Waals surface area contributed by atoms with Crippen LogP contribution < -0.4 is 4.74 Å². The number of rotatable bonds is 7. The second kappa shape index (κ2) is 8.33. The number of aromatic nitrogens is 3. The molecule has 4 rings (SSSR count). The topological polar surface area (TPSA) is 49.2 Å². The van der Waals surface area contributed by atoms with E-state index in [-0.39, 0.29) is 0 Å². The van der Waals surface area contributed by atoms with Crippen LogP contribution in [0.4, 0.5) is 0 Å². The quantitative estimate of drug-likeness (QED) is 0.422. The number of benzene rings is 2. The summed E-state index contributed by atoms with van der Waals surface area (Å²) in [6.07, 6.45) is 3.46. The molecule has 0 saturated heterocycles. The van der Waals surface area contributed by atoms with Crippen LogP contribution in [0, 0.1) is 0 Å². The third-order valence-electron chi connectivity index (χ3n) is 4.13. The molecule has 0 radical (unpaired) electrons. The molecular weight excluding hydrogens is 406 g/mol. The lowest BCUT2D eigenvalue weighted by Crippen LogP contribution is -2.05. The first-order valence-corrected chi connectivity index (χ1v) is 9.38. The van der Waals surface area contributed by atoms with E-state index in [9.17, 15) is 0 Å². The Morgan fingerprint density at radius 2 is 1.52 bits per heavy atom. The van der Waals surface area contributed by atoms with Crippen molar-refractivity contribution < 1.29 is 9.47 Å². The van der Waals surface area contributed by atoms with Crippen molar-refractivity contribution in [3.05, 3.63) is 88.8 Å². The van der Waals surface area contributed by atoms with Gasteiger partial charge in [0.25, 0.3) is 0 Å². The molecule has 0 aliphatic heterocycles. The minimum absolute atomic E-state index is 0.381. The minimum Gasteiger partial charge on any atom is -0.471 e. The van der Waals surface area contributed by atoms with E-state index in [2.05, 4.69) is 25.9 Å². The zero-order valence-corrected chi connectivity index (χ0v) is 16.2. The van der Waals surface area contributed by atoms with Crippen LogP contribution in [0.1, 0.15) is 11.1 Å². The Hall–Kier alpha value is -2.70. The molecule has 0 unspecified atom stereocenters. The van der Waals surface area contributed by atoms with Gasteiger partial charge in [-0.15, -0.1) is 0 Å². The number of ether oxygens (including phenoxy) is 2. The van der Waals surface area contributed by atoms with Crippen LogP contribution in [0.5, 0.6) is 5.88 Å². The summed E-state index contributed by atoms with van der Waals surface area (Å²) in [6, 6.07) is 20.1. The SMILES string of the molecule is Brc1cn(COCc2ccccc2)c2c(OCc3ccccc3)ncnc12. The Bertz CT molecular complexity index is 1020. The Morgan fingerprint density at radius 1 is 0.852 bits per heavy atom. The molecule has 0 spiro atoms. The summed E-state index contributed by atoms with van der Waals surface area (Å²) in [5.41, 5.74) is 3.83. The van der Waals surface area contributed by atoms with Gasteiger partial charge >= 0.3 is 0 Å². The van der Waals surface area contributed by atoms with Gasteiger partial charge in [0.2, 0.25) is 5.88 Å². The number of hydrogen-bond donors (Lipinski definition) is 0. The molecule has 0 aliphatic rings. The van der Waals surface area contributed by atoms with E-state index in [0.717, 1.165) is 26.6 Å². The zero-order chi connectivity index (χ0) is 18.5. The zero-order valence-electron chi connectivity index (χ0n) is 14.6. The first kappa shape index (κ1) is 17.7. The maximum atomic E-state index is 5.98. The highest BCUT2D eigenvalue weighted by Crippen LogP contribution is 2.30. The normalized spacial score (nSPS) is 11.0. The Labute approximate surface area is 165 Å². The lowest BCUT2D eigenvalue weighted by atomic mass is 10.2. The van der Waals surface area contributed by atoms with E-state index in [1.807, 2.05) is 71.4 Å². The van der Waals surface area contributed by atoms with Crippen molar-refractivity contribution in [2.45, 2.75) is 19.9 Å². The van der Waals surface area contributed by atoms with Crippen molar-refractivity contribution in [3.63, 3.8) is 0 Å². The van der Waals surface area contributed by atoms with Gasteiger partial charge in [-0.2, -0.15) is 4.98 Å². The fourth-order valence-electron chi connectivity index (χ4n) is 2.83. The van der Waals surface area contributed by atoms with Gasteiger partial charge in [-0.25, -0.2) is 4.98 Å². The average Bonchev–Trinajstić information content (AvgIpc) is 3.04. The van der Waals surface area contributed by atoms with Crippen LogP contribution in [-0.2, 0) is 24.7 Å². The van der Waals surface area contributed by atoms with Gasteiger partial charge in [0.15, 0.2) is 0 Å². The maximum Gasteiger partial charge on any atom is 0.242 e. The van der Waals surface area contributed by atoms with Crippen LogP contribution in [0.3, 0.4) is 0 Å². The number of fused-ring (bicyclic) bond motifs is 1. The highest BCUT2D eigenvalue weighted by molar-refractivity contribution is 9.10. The van der Waals surface area contributed by atoms with Gasteiger partial charge < -0.3 is 14.0 Å². The lowest BCUT2D eigenvalue weighted by molar-refractivity contribution is 0.0663. The highest BCUT2D eigenvalue weighted by atomic mass is 79.9. The second-order valence-corrected chi connectivity index (χ2v) is 6.91. The summed E-state index contributed by atoms with van der Waals surface area (Å²) in [5.74, 6) is 0.540. The summed E-state index contributed by atoms with van der Waals surface area (Å²) >= 11 is 3.56. The van der Waals surface area contributed by atoms with E-state index >= 15 is 0 Å². The molecule has 5 nitrogen and oxygen atoms in total. The fraction of sp³-hybridized carbons (Fsp3) is 0.143. The van der Waals surface area contributed by atoms with Crippen LogP contribution in [-0.4, -0.2) is 14.5 Å². The monoisotopic (exact) mass is 423 g/mol. The van der Waals surface area contributed by atoms with Gasteiger partial charge in [-0.3, -0.25) is 0 Å². The molecule has 0 atom stereocenters. The summed E-state index contributed by atoms with van der Waals surface area (Å²) in [7, 11) is 0. The van der Waals surface area contributed by atoms with Crippen LogP contribution in [0.25, 0.3) is 11.0 Å². The number of hydrogen-bond acceptors (Lipinski definition) is 4. The van der Waals surface area contributed by atoms with Crippen molar-refractivity contribution in [2.24, 2.45) is 0 Å². The van der Waals surface area contributed by atoms with Crippen molar-refractivity contribution in [2.75, 3.05) is 0 Å². The van der Waals surface area contributed by atoms with E-state index in [1.165, 1.54) is 6.33 Å². The van der Waals surface area contributed by atoms with E-state index in [4.69, 9.17) is 9.47 Å². The summed E-state index contributed by atoms with van der Waals surface area (Å²) in [4.78, 5) is 8.70. The van der Waals surface area contributed by atoms with Gasteiger partial charge in [0.1, 0.15) is 30.7 Å². The minimum atomic E-state index is 0.381. The van der Waals surface area contributed by atoms with E-state index in [1.54, 1.807) is 0 Å². The van der Waals surface area contributed by atoms with E-state index < -0.39 is 0 Å². The molecule has 6 heteroatoms. The van der Waals surface area contributed by atoms with Gasteiger partial charge in [0.05, 0.1) is 11.1 Å². The van der Waals surface area contributed by atoms with E-state index in [0.29, 0.717) is 25.8 Å². The summed E-state index contributed by atoms with van der Waals surface area (Å²) in [5, 5.41) is 0. The number of nitrogens with zero attached hydrogens (tertiary/aromatic N) is 3. The molecule has 136 valence electrons. The molecule has 0 fully saturated rings. The van der Waals surface area contributed by atoms with Gasteiger partial charge in [0, 0.05) is 6.20 Å². The summed E-state index contributed by atoms with van der Waals surface area (Å²) in [6.45, 7) is 1.36. The van der Waals surface area contributed by atoms with Crippen molar-refractivity contribution in [1.82, 2.24) is 14.5 Å². The standard InChI is InChI=1S/C21H18BrN3O2/c22-18-11-25(15-26-12-16-7-3-1-4-8-16)20-19(18)23-14-24-21(20)27-13-17-9-5-2-6-10-17/h1-11,14H,12-13,15H2. The van der Waals surface area contributed by atoms with Crippen molar-refractivity contribution in [1.29, 1.82) is 0 Å². The first-order valence-electron chi connectivity index (χ1n) is 8.59. The molecule has 0 saturated carbocycles. The molecule has 0 amide bonds. The second-order valence-electron chi connectivity index (χ2n) is 6.06. The lowest BCUT2D eigenvalue weighted by Gasteiger charge is -2.10. The Kier molecular flexibility index (Phi) is 5.46. The molecule has 2 heterocycles. The smallest absolute Gasteiger partial charge is 0.242 e. The number of halogens is 1. The van der Waals surface area contributed by atoms with Crippen LogP contribution in [0.2, 0.25) is 0 Å². The molecule has 2 aromatic heterocycles. The predicted molar refractivity (Wildman–Crippen MR) is 107 cm³/mol. The molecular formula is C21H18BrN3O2. The predicted octanol–water partition coefficient (Wildman–Crippen LogP) is 4.95. The highest BCUT2D eigenvalue weighted by Gasteiger charge is 2.15. The van der Waals surface area contributed by atoms with Crippen molar-refractivity contribution >= 4 is 27.0 Å². The molecule has 0 N–H and O–H groups in total. The molecule has 0 aliphatic carbocycles. The summed E-state index contributed by atoms with van der Waals surface area (Å²) < 4.78 is 14.7. The average molecular weight is 424 g/mol. The maximum absolute atomic E-state index is 5.98. The van der Waals surface area contributed by atoms with Gasteiger partial charge in [-0.05, 0) is 27.1 Å². The molecule has 4 aromatic rings. The fourth-order valence-corrected chi connectivity index (χ4v) is 3.37. The third kappa shape index (κ3) is 4.18. The Morgan fingerprint density at radius 3 is 2.22 bits per heavy atom. The van der Waals surface area contributed by atoms with Gasteiger partial charge in [-0.1, -0.05) is 60.7 Å².